The molecule has 0 fully saturated rings. The summed E-state index contributed by atoms with van der Waals surface area (Å²) in [6.45, 7) is 3.69. The SMILES string of the molecule is Cc1ccc(OC(=O)N(CC(=O)O)Cc2cccc(OCCc3nc(-c4ccccc4)oc3C)c2)cc1Br. The maximum atomic E-state index is 12.8. The summed E-state index contributed by atoms with van der Waals surface area (Å²) in [6, 6.07) is 22.0. The number of aryl methyl sites for hydroxylation is 2. The zero-order valence-electron chi connectivity index (χ0n) is 21.0. The van der Waals surface area contributed by atoms with Crippen LogP contribution in [0, 0.1) is 13.8 Å². The minimum Gasteiger partial charge on any atom is -0.493 e. The first-order valence-corrected chi connectivity index (χ1v) is 12.8. The van der Waals surface area contributed by atoms with Gasteiger partial charge in [-0.25, -0.2) is 9.78 Å². The number of carboxylic acids is 1. The van der Waals surface area contributed by atoms with E-state index in [0.717, 1.165) is 32.0 Å². The third kappa shape index (κ3) is 7.23. The molecule has 0 saturated carbocycles. The summed E-state index contributed by atoms with van der Waals surface area (Å²) >= 11 is 3.40. The third-order valence-corrected chi connectivity index (χ3v) is 6.58. The lowest BCUT2D eigenvalue weighted by Crippen LogP contribution is -2.37. The first-order chi connectivity index (χ1) is 18.3. The highest BCUT2D eigenvalue weighted by Gasteiger charge is 2.20. The molecule has 0 atom stereocenters. The lowest BCUT2D eigenvalue weighted by molar-refractivity contribution is -0.138. The van der Waals surface area contributed by atoms with Crippen molar-refractivity contribution < 1.29 is 28.6 Å². The van der Waals surface area contributed by atoms with Crippen molar-refractivity contribution in [1.29, 1.82) is 0 Å². The molecule has 0 radical (unpaired) electrons. The van der Waals surface area contributed by atoms with Crippen LogP contribution in [0.15, 0.2) is 81.7 Å². The molecule has 0 saturated heterocycles. The predicted octanol–water partition coefficient (Wildman–Crippen LogP) is 6.43. The van der Waals surface area contributed by atoms with E-state index in [2.05, 4.69) is 20.9 Å². The molecule has 4 rings (SSSR count). The molecule has 0 spiro atoms. The van der Waals surface area contributed by atoms with E-state index in [-0.39, 0.29) is 6.54 Å². The van der Waals surface area contributed by atoms with Crippen molar-refractivity contribution >= 4 is 28.0 Å². The van der Waals surface area contributed by atoms with Gasteiger partial charge in [0.05, 0.1) is 12.3 Å². The van der Waals surface area contributed by atoms with Crippen LogP contribution < -0.4 is 9.47 Å². The van der Waals surface area contributed by atoms with Gasteiger partial charge in [0.1, 0.15) is 23.8 Å². The second-order valence-corrected chi connectivity index (χ2v) is 9.52. The number of nitrogens with zero attached hydrogens (tertiary/aromatic N) is 2. The Bertz CT molecular complexity index is 1420. The van der Waals surface area contributed by atoms with Gasteiger partial charge in [0.15, 0.2) is 0 Å². The number of hydrogen-bond donors (Lipinski definition) is 1. The van der Waals surface area contributed by atoms with E-state index in [0.29, 0.717) is 36.0 Å². The fourth-order valence-corrected chi connectivity index (χ4v) is 4.09. The van der Waals surface area contributed by atoms with Crippen molar-refractivity contribution in [3.05, 3.63) is 99.9 Å². The number of amides is 1. The summed E-state index contributed by atoms with van der Waals surface area (Å²) in [5.74, 6) is 1.09. The number of rotatable bonds is 10. The summed E-state index contributed by atoms with van der Waals surface area (Å²) in [6.07, 6.45) is -0.208. The molecule has 4 aromatic rings. The van der Waals surface area contributed by atoms with Gasteiger partial charge in [-0.1, -0.05) is 52.3 Å². The summed E-state index contributed by atoms with van der Waals surface area (Å²) in [7, 11) is 0. The molecule has 9 heteroatoms. The fraction of sp³-hybridized carbons (Fsp3) is 0.207. The van der Waals surface area contributed by atoms with Crippen LogP contribution in [0.5, 0.6) is 11.5 Å². The van der Waals surface area contributed by atoms with Crippen molar-refractivity contribution in [2.45, 2.75) is 26.8 Å². The van der Waals surface area contributed by atoms with Gasteiger partial charge >= 0.3 is 12.1 Å². The monoisotopic (exact) mass is 578 g/mol. The molecule has 38 heavy (non-hydrogen) atoms. The smallest absolute Gasteiger partial charge is 0.416 e. The highest BCUT2D eigenvalue weighted by molar-refractivity contribution is 9.10. The van der Waals surface area contributed by atoms with Crippen molar-refractivity contribution in [1.82, 2.24) is 9.88 Å². The van der Waals surface area contributed by atoms with Gasteiger partial charge in [0, 0.05) is 23.0 Å². The minimum absolute atomic E-state index is 0.0399. The minimum atomic E-state index is -1.14. The Morgan fingerprint density at radius 2 is 1.79 bits per heavy atom. The highest BCUT2D eigenvalue weighted by Crippen LogP contribution is 2.24. The molecule has 1 amide bonds. The molecule has 0 bridgehead atoms. The maximum Gasteiger partial charge on any atom is 0.416 e. The Morgan fingerprint density at radius 3 is 2.53 bits per heavy atom. The van der Waals surface area contributed by atoms with Gasteiger partial charge in [0.25, 0.3) is 0 Å². The van der Waals surface area contributed by atoms with E-state index < -0.39 is 18.6 Å². The molecule has 3 aromatic carbocycles. The average Bonchev–Trinajstić information content (AvgIpc) is 3.26. The molecule has 8 nitrogen and oxygen atoms in total. The molecular weight excluding hydrogens is 552 g/mol. The van der Waals surface area contributed by atoms with Crippen LogP contribution in [0.3, 0.4) is 0 Å². The molecule has 0 aliphatic carbocycles. The summed E-state index contributed by atoms with van der Waals surface area (Å²) in [5, 5.41) is 9.34. The fourth-order valence-electron chi connectivity index (χ4n) is 3.73. The Hall–Kier alpha value is -4.11. The van der Waals surface area contributed by atoms with E-state index >= 15 is 0 Å². The standard InChI is InChI=1S/C29H27BrN2O6/c1-19-11-12-24(16-25(19)30)38-29(35)32(18-27(33)34)17-21-7-6-10-23(15-21)36-14-13-26-20(2)37-28(31-26)22-8-4-3-5-9-22/h3-12,15-16H,13-14,17-18H2,1-2H3,(H,33,34). The molecule has 0 unspecified atom stereocenters. The Morgan fingerprint density at radius 1 is 1.00 bits per heavy atom. The van der Waals surface area contributed by atoms with Gasteiger partial charge in [-0.15, -0.1) is 0 Å². The zero-order valence-corrected chi connectivity index (χ0v) is 22.6. The number of oxazole rings is 1. The second kappa shape index (κ2) is 12.4. The lowest BCUT2D eigenvalue weighted by Gasteiger charge is -2.20. The number of carbonyl (C=O) groups is 2. The molecule has 1 heterocycles. The van der Waals surface area contributed by atoms with Crippen LogP contribution in [0.1, 0.15) is 22.6 Å². The van der Waals surface area contributed by atoms with Crippen molar-refractivity contribution in [3.8, 4) is 23.0 Å². The number of carboxylic acid groups (broad SMARTS) is 1. The number of carbonyl (C=O) groups excluding carboxylic acids is 1. The lowest BCUT2D eigenvalue weighted by atomic mass is 10.2. The van der Waals surface area contributed by atoms with E-state index in [9.17, 15) is 14.7 Å². The predicted molar refractivity (Wildman–Crippen MR) is 145 cm³/mol. The van der Waals surface area contributed by atoms with Crippen LogP contribution in [0.4, 0.5) is 4.79 Å². The quantitative estimate of drug-likeness (QED) is 0.231. The number of halogens is 1. The Labute approximate surface area is 229 Å². The van der Waals surface area contributed by atoms with E-state index in [1.165, 1.54) is 0 Å². The summed E-state index contributed by atoms with van der Waals surface area (Å²) in [5.41, 5.74) is 3.42. The van der Waals surface area contributed by atoms with E-state index in [1.54, 1.807) is 42.5 Å². The first kappa shape index (κ1) is 26.9. The maximum absolute atomic E-state index is 12.8. The number of aliphatic carboxylic acids is 1. The molecule has 0 aliphatic heterocycles. The number of ether oxygens (including phenoxy) is 2. The van der Waals surface area contributed by atoms with Crippen LogP contribution >= 0.6 is 15.9 Å². The summed E-state index contributed by atoms with van der Waals surface area (Å²) in [4.78, 5) is 29.9. The topological polar surface area (TPSA) is 102 Å². The second-order valence-electron chi connectivity index (χ2n) is 8.66. The van der Waals surface area contributed by atoms with Crippen molar-refractivity contribution in [3.63, 3.8) is 0 Å². The third-order valence-electron chi connectivity index (χ3n) is 5.73. The highest BCUT2D eigenvalue weighted by atomic mass is 79.9. The van der Waals surface area contributed by atoms with Gasteiger partial charge in [-0.2, -0.15) is 0 Å². The largest absolute Gasteiger partial charge is 0.493 e. The van der Waals surface area contributed by atoms with Crippen LogP contribution in [0.2, 0.25) is 0 Å². The average molecular weight is 579 g/mol. The molecular formula is C29H27BrN2O6. The van der Waals surface area contributed by atoms with E-state index in [4.69, 9.17) is 13.9 Å². The van der Waals surface area contributed by atoms with Gasteiger partial charge in [0.2, 0.25) is 5.89 Å². The van der Waals surface area contributed by atoms with Crippen LogP contribution in [-0.2, 0) is 17.8 Å². The normalized spacial score (nSPS) is 10.7. The Balaban J connectivity index is 1.38. The molecule has 0 aliphatic rings. The van der Waals surface area contributed by atoms with Gasteiger partial charge in [-0.3, -0.25) is 9.69 Å². The van der Waals surface area contributed by atoms with Gasteiger partial charge < -0.3 is 19.0 Å². The zero-order chi connectivity index (χ0) is 27.1. The van der Waals surface area contributed by atoms with Crippen LogP contribution in [0.25, 0.3) is 11.5 Å². The summed E-state index contributed by atoms with van der Waals surface area (Å²) < 4.78 is 17.9. The number of hydrogen-bond acceptors (Lipinski definition) is 6. The molecule has 1 N–H and O–H groups in total. The van der Waals surface area contributed by atoms with Crippen LogP contribution in [-0.4, -0.2) is 40.2 Å². The molecule has 196 valence electrons. The number of aromatic nitrogens is 1. The van der Waals surface area contributed by atoms with Gasteiger partial charge in [-0.05, 0) is 61.4 Å². The van der Waals surface area contributed by atoms with E-state index in [1.807, 2.05) is 44.2 Å². The van der Waals surface area contributed by atoms with Crippen molar-refractivity contribution in [2.75, 3.05) is 13.2 Å². The number of benzene rings is 3. The first-order valence-electron chi connectivity index (χ1n) is 12.0. The molecule has 1 aromatic heterocycles. The Kier molecular flexibility index (Phi) is 8.81. The van der Waals surface area contributed by atoms with Crippen molar-refractivity contribution in [2.24, 2.45) is 0 Å².